The van der Waals surface area contributed by atoms with Crippen LogP contribution in [0.1, 0.15) is 16.7 Å². The van der Waals surface area contributed by atoms with Gasteiger partial charge < -0.3 is 10.5 Å². The summed E-state index contributed by atoms with van der Waals surface area (Å²) in [7, 11) is 0. The number of halogens is 1. The highest BCUT2D eigenvalue weighted by Crippen LogP contribution is 2.32. The van der Waals surface area contributed by atoms with Gasteiger partial charge in [-0.25, -0.2) is 0 Å². The van der Waals surface area contributed by atoms with E-state index in [-0.39, 0.29) is 0 Å². The zero-order valence-corrected chi connectivity index (χ0v) is 13.1. The third-order valence-corrected chi connectivity index (χ3v) is 3.55. The molecule has 0 aromatic heterocycles. The number of thiocarbonyl (C=S) groups is 1. The topological polar surface area (TPSA) is 35.2 Å². The first-order valence-electron chi connectivity index (χ1n) is 5.82. The molecule has 0 bridgehead atoms. The van der Waals surface area contributed by atoms with Crippen molar-refractivity contribution in [3.05, 3.63) is 57.6 Å². The highest BCUT2D eigenvalue weighted by Gasteiger charge is 2.11. The van der Waals surface area contributed by atoms with E-state index >= 15 is 0 Å². The van der Waals surface area contributed by atoms with E-state index in [0.717, 1.165) is 32.7 Å². The highest BCUT2D eigenvalue weighted by molar-refractivity contribution is 9.10. The molecule has 2 aromatic carbocycles. The summed E-state index contributed by atoms with van der Waals surface area (Å²) in [4.78, 5) is 0.339. The minimum atomic E-state index is 0.339. The molecule has 0 saturated heterocycles. The Morgan fingerprint density at radius 1 is 1.16 bits per heavy atom. The number of hydrogen-bond acceptors (Lipinski definition) is 2. The number of para-hydroxylation sites is 1. The smallest absolute Gasteiger partial charge is 0.140 e. The van der Waals surface area contributed by atoms with Crippen molar-refractivity contribution in [3.63, 3.8) is 0 Å². The molecule has 2 nitrogen and oxygen atoms in total. The lowest BCUT2D eigenvalue weighted by Crippen LogP contribution is -2.11. The Morgan fingerprint density at radius 3 is 2.58 bits per heavy atom. The van der Waals surface area contributed by atoms with Gasteiger partial charge in [0, 0.05) is 4.47 Å². The maximum Gasteiger partial charge on any atom is 0.140 e. The van der Waals surface area contributed by atoms with Gasteiger partial charge in [-0.1, -0.05) is 46.3 Å². The predicted octanol–water partition coefficient (Wildman–Crippen LogP) is 4.49. The summed E-state index contributed by atoms with van der Waals surface area (Å²) in [5.41, 5.74) is 8.57. The molecule has 0 spiro atoms. The van der Waals surface area contributed by atoms with Crippen molar-refractivity contribution in [1.29, 1.82) is 0 Å². The largest absolute Gasteiger partial charge is 0.456 e. The Morgan fingerprint density at radius 2 is 1.89 bits per heavy atom. The Labute approximate surface area is 126 Å². The van der Waals surface area contributed by atoms with E-state index in [0.29, 0.717) is 4.99 Å². The van der Waals surface area contributed by atoms with Crippen molar-refractivity contribution in [2.45, 2.75) is 13.8 Å². The molecule has 98 valence electrons. The second-order valence-corrected chi connectivity index (χ2v) is 5.68. The molecule has 4 heteroatoms. The number of aryl methyl sites for hydroxylation is 2. The standard InChI is InChI=1S/C15H14BrNOS/c1-9-6-7-11(16)8-13(9)18-14-10(2)4-3-5-12(14)15(17)19/h3-8H,1-2H3,(H2,17,19). The minimum absolute atomic E-state index is 0.339. The van der Waals surface area contributed by atoms with E-state index < -0.39 is 0 Å². The van der Waals surface area contributed by atoms with Gasteiger partial charge >= 0.3 is 0 Å². The average Bonchev–Trinajstić information content (AvgIpc) is 2.35. The zero-order chi connectivity index (χ0) is 14.0. The summed E-state index contributed by atoms with van der Waals surface area (Å²) in [5.74, 6) is 1.51. The zero-order valence-electron chi connectivity index (χ0n) is 10.7. The fourth-order valence-corrected chi connectivity index (χ4v) is 2.28. The minimum Gasteiger partial charge on any atom is -0.456 e. The Bertz CT molecular complexity index is 640. The van der Waals surface area contributed by atoms with Gasteiger partial charge in [-0.3, -0.25) is 0 Å². The summed E-state index contributed by atoms with van der Waals surface area (Å²) in [6.45, 7) is 3.98. The van der Waals surface area contributed by atoms with Crippen LogP contribution in [0.2, 0.25) is 0 Å². The number of rotatable bonds is 3. The Balaban J connectivity index is 2.49. The third-order valence-electron chi connectivity index (χ3n) is 2.84. The maximum absolute atomic E-state index is 6.02. The first-order valence-corrected chi connectivity index (χ1v) is 7.02. The summed E-state index contributed by atoms with van der Waals surface area (Å²) in [6.07, 6.45) is 0. The number of nitrogens with two attached hydrogens (primary N) is 1. The van der Waals surface area contributed by atoms with Gasteiger partial charge in [0.25, 0.3) is 0 Å². The second kappa shape index (κ2) is 5.72. The molecule has 0 saturated carbocycles. The number of hydrogen-bond donors (Lipinski definition) is 1. The van der Waals surface area contributed by atoms with Crippen molar-refractivity contribution in [3.8, 4) is 11.5 Å². The first-order chi connectivity index (χ1) is 8.99. The number of benzene rings is 2. The van der Waals surface area contributed by atoms with Crippen LogP contribution in [-0.4, -0.2) is 4.99 Å². The lowest BCUT2D eigenvalue weighted by molar-refractivity contribution is 0.474. The molecule has 0 amide bonds. The van der Waals surface area contributed by atoms with Gasteiger partial charge in [0.05, 0.1) is 5.56 Å². The van der Waals surface area contributed by atoms with Crippen LogP contribution in [0.25, 0.3) is 0 Å². The van der Waals surface area contributed by atoms with Crippen molar-refractivity contribution < 1.29 is 4.74 Å². The van der Waals surface area contributed by atoms with Gasteiger partial charge in [0.15, 0.2) is 0 Å². The maximum atomic E-state index is 6.02. The van der Waals surface area contributed by atoms with Crippen LogP contribution in [0.5, 0.6) is 11.5 Å². The van der Waals surface area contributed by atoms with Crippen LogP contribution in [0.4, 0.5) is 0 Å². The van der Waals surface area contributed by atoms with Gasteiger partial charge in [-0.2, -0.15) is 0 Å². The van der Waals surface area contributed by atoms with E-state index in [2.05, 4.69) is 15.9 Å². The highest BCUT2D eigenvalue weighted by atomic mass is 79.9. The monoisotopic (exact) mass is 335 g/mol. The predicted molar refractivity (Wildman–Crippen MR) is 86.0 cm³/mol. The van der Waals surface area contributed by atoms with Gasteiger partial charge in [-0.15, -0.1) is 0 Å². The van der Waals surface area contributed by atoms with E-state index in [1.54, 1.807) is 0 Å². The van der Waals surface area contributed by atoms with Crippen molar-refractivity contribution in [2.75, 3.05) is 0 Å². The van der Waals surface area contributed by atoms with Crippen LogP contribution >= 0.6 is 28.1 Å². The molecular weight excluding hydrogens is 322 g/mol. The van der Waals surface area contributed by atoms with E-state index in [4.69, 9.17) is 22.7 Å². The summed E-state index contributed by atoms with van der Waals surface area (Å²) >= 11 is 8.52. The third kappa shape index (κ3) is 3.14. The Kier molecular flexibility index (Phi) is 4.22. The average molecular weight is 336 g/mol. The van der Waals surface area contributed by atoms with Gasteiger partial charge in [0.1, 0.15) is 16.5 Å². The van der Waals surface area contributed by atoms with Gasteiger partial charge in [0.2, 0.25) is 0 Å². The van der Waals surface area contributed by atoms with Crippen LogP contribution in [-0.2, 0) is 0 Å². The number of ether oxygens (including phenoxy) is 1. The molecule has 2 rings (SSSR count). The normalized spacial score (nSPS) is 10.3. The Hall–Kier alpha value is -1.39. The molecule has 0 fully saturated rings. The molecule has 0 aliphatic heterocycles. The molecular formula is C15H14BrNOS. The summed E-state index contributed by atoms with van der Waals surface area (Å²) in [6, 6.07) is 11.7. The lowest BCUT2D eigenvalue weighted by atomic mass is 10.1. The molecule has 0 aliphatic rings. The van der Waals surface area contributed by atoms with Gasteiger partial charge in [-0.05, 0) is 43.2 Å². The molecule has 2 aromatic rings. The second-order valence-electron chi connectivity index (χ2n) is 4.33. The van der Waals surface area contributed by atoms with E-state index in [1.165, 1.54) is 0 Å². The molecule has 2 N–H and O–H groups in total. The summed E-state index contributed by atoms with van der Waals surface area (Å²) < 4.78 is 6.99. The molecule has 0 unspecified atom stereocenters. The first kappa shape index (κ1) is 14.0. The quantitative estimate of drug-likeness (QED) is 0.839. The molecule has 0 radical (unpaired) electrons. The molecule has 0 atom stereocenters. The SMILES string of the molecule is Cc1ccc(Br)cc1Oc1c(C)cccc1C(N)=S. The van der Waals surface area contributed by atoms with Crippen LogP contribution < -0.4 is 10.5 Å². The summed E-state index contributed by atoms with van der Waals surface area (Å²) in [5, 5.41) is 0. The van der Waals surface area contributed by atoms with Crippen molar-refractivity contribution in [1.82, 2.24) is 0 Å². The molecule has 0 heterocycles. The fraction of sp³-hybridized carbons (Fsp3) is 0.133. The van der Waals surface area contributed by atoms with Crippen molar-refractivity contribution in [2.24, 2.45) is 5.73 Å². The molecule has 19 heavy (non-hydrogen) atoms. The van der Waals surface area contributed by atoms with E-state index in [1.807, 2.05) is 50.2 Å². The van der Waals surface area contributed by atoms with Crippen LogP contribution in [0.3, 0.4) is 0 Å². The molecule has 0 aliphatic carbocycles. The van der Waals surface area contributed by atoms with Crippen LogP contribution in [0.15, 0.2) is 40.9 Å². The fourth-order valence-electron chi connectivity index (χ4n) is 1.78. The lowest BCUT2D eigenvalue weighted by Gasteiger charge is -2.14. The van der Waals surface area contributed by atoms with Crippen LogP contribution in [0, 0.1) is 13.8 Å². The van der Waals surface area contributed by atoms with Crippen molar-refractivity contribution >= 4 is 33.1 Å². The van der Waals surface area contributed by atoms with E-state index in [9.17, 15) is 0 Å².